The van der Waals surface area contributed by atoms with E-state index in [-0.39, 0.29) is 30.7 Å². The quantitative estimate of drug-likeness (QED) is 0.916. The number of carbonyl (C=O) groups excluding carboxylic acids is 1. The van der Waals surface area contributed by atoms with Crippen LogP contribution in [0.4, 0.5) is 4.39 Å². The molecule has 0 atom stereocenters. The maximum absolute atomic E-state index is 13.4. The van der Waals surface area contributed by atoms with Crippen molar-refractivity contribution >= 4 is 18.3 Å². The van der Waals surface area contributed by atoms with E-state index in [9.17, 15) is 9.18 Å². The SMILES string of the molecule is CN(Cc1ccccc1F)C(=O)C1(N)CCC1.Cl. The molecule has 100 valence electrons. The van der Waals surface area contributed by atoms with Crippen molar-refractivity contribution in [3.05, 3.63) is 35.6 Å². The summed E-state index contributed by atoms with van der Waals surface area (Å²) in [5.74, 6) is -0.376. The van der Waals surface area contributed by atoms with Gasteiger partial charge in [0.25, 0.3) is 0 Å². The second-order valence-electron chi connectivity index (χ2n) is 4.76. The van der Waals surface area contributed by atoms with Crippen molar-refractivity contribution in [2.75, 3.05) is 7.05 Å². The molecule has 0 unspecified atom stereocenters. The second-order valence-corrected chi connectivity index (χ2v) is 4.76. The highest BCUT2D eigenvalue weighted by molar-refractivity contribution is 5.86. The number of nitrogens with two attached hydrogens (primary N) is 1. The fraction of sp³-hybridized carbons (Fsp3) is 0.462. The smallest absolute Gasteiger partial charge is 0.242 e. The Bertz CT molecular complexity index is 435. The van der Waals surface area contributed by atoms with Crippen molar-refractivity contribution in [2.45, 2.75) is 31.3 Å². The van der Waals surface area contributed by atoms with E-state index in [2.05, 4.69) is 0 Å². The van der Waals surface area contributed by atoms with Crippen LogP contribution in [0.15, 0.2) is 24.3 Å². The number of rotatable bonds is 3. The Morgan fingerprint density at radius 1 is 1.44 bits per heavy atom. The number of halogens is 2. The second kappa shape index (κ2) is 5.67. The molecule has 1 aromatic rings. The molecule has 2 N–H and O–H groups in total. The number of amides is 1. The summed E-state index contributed by atoms with van der Waals surface area (Å²) in [6.07, 6.45) is 2.46. The highest BCUT2D eigenvalue weighted by Crippen LogP contribution is 2.31. The van der Waals surface area contributed by atoms with Crippen LogP contribution in [0.25, 0.3) is 0 Å². The van der Waals surface area contributed by atoms with E-state index in [1.54, 1.807) is 25.2 Å². The molecule has 0 aromatic heterocycles. The number of benzene rings is 1. The number of carbonyl (C=O) groups is 1. The lowest BCUT2D eigenvalue weighted by Crippen LogP contribution is -2.58. The molecule has 1 amide bonds. The van der Waals surface area contributed by atoms with Crippen LogP contribution in [0.3, 0.4) is 0 Å². The number of likely N-dealkylation sites (N-methyl/N-ethyl adjacent to an activating group) is 1. The Morgan fingerprint density at radius 3 is 2.56 bits per heavy atom. The number of hydrogen-bond acceptors (Lipinski definition) is 2. The Labute approximate surface area is 113 Å². The van der Waals surface area contributed by atoms with Crippen LogP contribution in [-0.2, 0) is 11.3 Å². The number of hydrogen-bond donors (Lipinski definition) is 1. The van der Waals surface area contributed by atoms with Gasteiger partial charge in [-0.3, -0.25) is 4.79 Å². The van der Waals surface area contributed by atoms with E-state index >= 15 is 0 Å². The van der Waals surface area contributed by atoms with E-state index in [4.69, 9.17) is 5.73 Å². The molecule has 0 saturated heterocycles. The normalized spacial score (nSPS) is 16.4. The highest BCUT2D eigenvalue weighted by atomic mass is 35.5. The summed E-state index contributed by atoms with van der Waals surface area (Å²) < 4.78 is 13.4. The molecule has 1 aliphatic carbocycles. The first-order valence-corrected chi connectivity index (χ1v) is 5.81. The third-order valence-corrected chi connectivity index (χ3v) is 3.38. The van der Waals surface area contributed by atoms with Crippen LogP contribution in [0.5, 0.6) is 0 Å². The standard InChI is InChI=1S/C13H17FN2O.ClH/c1-16(12(17)13(15)7-4-8-13)9-10-5-2-3-6-11(10)14;/h2-3,5-6H,4,7-9,15H2,1H3;1H. The lowest BCUT2D eigenvalue weighted by atomic mass is 9.76. The van der Waals surface area contributed by atoms with Crippen molar-refractivity contribution in [3.63, 3.8) is 0 Å². The molecule has 3 nitrogen and oxygen atoms in total. The Kier molecular flexibility index (Phi) is 4.71. The maximum atomic E-state index is 13.4. The first kappa shape index (κ1) is 14.9. The van der Waals surface area contributed by atoms with Gasteiger partial charge >= 0.3 is 0 Å². The largest absolute Gasteiger partial charge is 0.340 e. The average molecular weight is 273 g/mol. The van der Waals surface area contributed by atoms with Gasteiger partial charge in [-0.1, -0.05) is 18.2 Å². The molecule has 0 bridgehead atoms. The molecular formula is C13H18ClFN2O. The lowest BCUT2D eigenvalue weighted by Gasteiger charge is -2.39. The molecule has 5 heteroatoms. The molecule has 0 heterocycles. The minimum atomic E-state index is -0.708. The van der Waals surface area contributed by atoms with Gasteiger partial charge in [-0.2, -0.15) is 0 Å². The maximum Gasteiger partial charge on any atom is 0.242 e. The van der Waals surface area contributed by atoms with Crippen molar-refractivity contribution in [3.8, 4) is 0 Å². The van der Waals surface area contributed by atoms with E-state index in [0.29, 0.717) is 5.56 Å². The summed E-state index contributed by atoms with van der Waals surface area (Å²) >= 11 is 0. The van der Waals surface area contributed by atoms with Gasteiger partial charge in [-0.05, 0) is 25.3 Å². The molecule has 0 aliphatic heterocycles. The van der Waals surface area contributed by atoms with Crippen LogP contribution in [0, 0.1) is 5.82 Å². The summed E-state index contributed by atoms with van der Waals surface area (Å²) in [5.41, 5.74) is 5.77. The Morgan fingerprint density at radius 2 is 2.06 bits per heavy atom. The highest BCUT2D eigenvalue weighted by Gasteiger charge is 2.41. The lowest BCUT2D eigenvalue weighted by molar-refractivity contribution is -0.139. The summed E-state index contributed by atoms with van der Waals surface area (Å²) in [6, 6.07) is 6.48. The van der Waals surface area contributed by atoms with Gasteiger partial charge in [0.05, 0.1) is 5.54 Å². The van der Waals surface area contributed by atoms with Crippen LogP contribution in [0.1, 0.15) is 24.8 Å². The fourth-order valence-electron chi connectivity index (χ4n) is 2.11. The molecule has 2 rings (SSSR count). The zero-order valence-electron chi connectivity index (χ0n) is 10.4. The summed E-state index contributed by atoms with van der Waals surface area (Å²) in [7, 11) is 1.67. The van der Waals surface area contributed by atoms with Crippen LogP contribution >= 0.6 is 12.4 Å². The molecule has 0 radical (unpaired) electrons. The molecule has 1 fully saturated rings. The molecule has 18 heavy (non-hydrogen) atoms. The van der Waals surface area contributed by atoms with E-state index in [1.807, 2.05) is 0 Å². The van der Waals surface area contributed by atoms with Crippen molar-refractivity contribution in [2.24, 2.45) is 5.73 Å². The zero-order chi connectivity index (χ0) is 12.5. The first-order chi connectivity index (χ1) is 8.03. The van der Waals surface area contributed by atoms with Gasteiger partial charge in [-0.25, -0.2) is 4.39 Å². The van der Waals surface area contributed by atoms with Gasteiger partial charge in [0.15, 0.2) is 0 Å². The topological polar surface area (TPSA) is 46.3 Å². The monoisotopic (exact) mass is 272 g/mol. The summed E-state index contributed by atoms with van der Waals surface area (Å²) in [6.45, 7) is 0.268. The van der Waals surface area contributed by atoms with Crippen LogP contribution < -0.4 is 5.73 Å². The molecule has 1 aromatic carbocycles. The van der Waals surface area contributed by atoms with Crippen molar-refractivity contribution in [1.29, 1.82) is 0 Å². The zero-order valence-corrected chi connectivity index (χ0v) is 11.2. The fourth-order valence-corrected chi connectivity index (χ4v) is 2.11. The van der Waals surface area contributed by atoms with Gasteiger partial charge in [-0.15, -0.1) is 12.4 Å². The van der Waals surface area contributed by atoms with Gasteiger partial charge in [0.2, 0.25) is 5.91 Å². The third-order valence-electron chi connectivity index (χ3n) is 3.38. The average Bonchev–Trinajstić information content (AvgIpc) is 2.28. The predicted octanol–water partition coefficient (Wildman–Crippen LogP) is 2.09. The minimum Gasteiger partial charge on any atom is -0.340 e. The van der Waals surface area contributed by atoms with E-state index in [0.717, 1.165) is 19.3 Å². The summed E-state index contributed by atoms with van der Waals surface area (Å²) in [4.78, 5) is 13.6. The first-order valence-electron chi connectivity index (χ1n) is 5.81. The van der Waals surface area contributed by atoms with Crippen LogP contribution in [0.2, 0.25) is 0 Å². The summed E-state index contributed by atoms with van der Waals surface area (Å²) in [5, 5.41) is 0. The molecule has 0 spiro atoms. The van der Waals surface area contributed by atoms with Crippen molar-refractivity contribution in [1.82, 2.24) is 4.90 Å². The van der Waals surface area contributed by atoms with Gasteiger partial charge < -0.3 is 10.6 Å². The minimum absolute atomic E-state index is 0. The molecule has 1 saturated carbocycles. The van der Waals surface area contributed by atoms with E-state index < -0.39 is 5.54 Å². The Hall–Kier alpha value is -1.13. The predicted molar refractivity (Wildman–Crippen MR) is 70.9 cm³/mol. The third kappa shape index (κ3) is 2.82. The van der Waals surface area contributed by atoms with Gasteiger partial charge in [0, 0.05) is 19.2 Å². The van der Waals surface area contributed by atoms with Crippen molar-refractivity contribution < 1.29 is 9.18 Å². The molecule has 1 aliphatic rings. The Balaban J connectivity index is 0.00000162. The van der Waals surface area contributed by atoms with Gasteiger partial charge in [0.1, 0.15) is 5.82 Å². The molecular weight excluding hydrogens is 255 g/mol. The van der Waals surface area contributed by atoms with Crippen LogP contribution in [-0.4, -0.2) is 23.4 Å². The van der Waals surface area contributed by atoms with E-state index in [1.165, 1.54) is 11.0 Å². The number of nitrogens with zero attached hydrogens (tertiary/aromatic N) is 1.